The summed E-state index contributed by atoms with van der Waals surface area (Å²) in [6.07, 6.45) is 13.2. The van der Waals surface area contributed by atoms with Crippen LogP contribution in [0.3, 0.4) is 0 Å². The van der Waals surface area contributed by atoms with Crippen LogP contribution in [0.4, 0.5) is 0 Å². The number of carboxylic acid groups (broad SMARTS) is 1. The van der Waals surface area contributed by atoms with E-state index in [1.807, 2.05) is 24.5 Å². The molecule has 1 aliphatic heterocycles. The molecule has 9 heteroatoms. The van der Waals surface area contributed by atoms with E-state index in [0.29, 0.717) is 37.6 Å². The van der Waals surface area contributed by atoms with E-state index in [4.69, 9.17) is 25.3 Å². The van der Waals surface area contributed by atoms with Gasteiger partial charge in [-0.15, -0.1) is 0 Å². The lowest BCUT2D eigenvalue weighted by Crippen LogP contribution is -2.70. The molecule has 4 fully saturated rings. The molecule has 12 atom stereocenters. The first kappa shape index (κ1) is 37.7. The van der Waals surface area contributed by atoms with Gasteiger partial charge in [-0.2, -0.15) is 5.10 Å². The van der Waals surface area contributed by atoms with Crippen LogP contribution in [0.25, 0.3) is 11.4 Å². The number of aliphatic carboxylic acids is 1. The lowest BCUT2D eigenvalue weighted by atomic mass is 9.34. The molecule has 4 aliphatic carbocycles. The average molecular weight is 716 g/mol. The van der Waals surface area contributed by atoms with Crippen LogP contribution in [0.5, 0.6) is 0 Å². The van der Waals surface area contributed by atoms with E-state index in [9.17, 15) is 9.90 Å². The molecule has 52 heavy (non-hydrogen) atoms. The first-order chi connectivity index (χ1) is 24.4. The molecule has 5 aliphatic rings. The normalized spacial score (nSPS) is 41.7. The van der Waals surface area contributed by atoms with Gasteiger partial charge in [-0.3, -0.25) is 9.78 Å². The summed E-state index contributed by atoms with van der Waals surface area (Å²) >= 11 is 0. The number of nitrogens with two attached hydrogens (primary N) is 1. The van der Waals surface area contributed by atoms with Gasteiger partial charge in [0.1, 0.15) is 6.33 Å². The van der Waals surface area contributed by atoms with Crippen molar-refractivity contribution in [3.8, 4) is 11.4 Å². The van der Waals surface area contributed by atoms with Crippen LogP contribution in [0.2, 0.25) is 0 Å². The summed E-state index contributed by atoms with van der Waals surface area (Å²) in [6, 6.07) is 3.90. The average Bonchev–Trinajstić information content (AvgIpc) is 3.58. The Labute approximate surface area is 311 Å². The molecule has 2 aromatic heterocycles. The third-order valence-electron chi connectivity index (χ3n) is 16.7. The largest absolute Gasteiger partial charge is 0.481 e. The number of fused-ring (bicyclic) bond motifs is 3. The number of ether oxygens (including phenoxy) is 2. The summed E-state index contributed by atoms with van der Waals surface area (Å²) in [6.45, 7) is 24.4. The fourth-order valence-electron chi connectivity index (χ4n) is 12.7. The SMILES string of the molecule is CC(C)[C@@H](C)[C@@]1(C)CC[C@]2(C)[C@H]3CC[C@@H]4[C@@]5(C)COC[C@@]4(C3=CC[C@@]2(C)[C@@H]1C(=O)O)[C@@H](OC[C@@](C)(N)C(C)C)[C@H](n1ncnc1-c1ccncc1)C5. The number of hydrogen-bond acceptors (Lipinski definition) is 7. The molecule has 2 bridgehead atoms. The van der Waals surface area contributed by atoms with Crippen molar-refractivity contribution >= 4 is 5.97 Å². The Balaban J connectivity index is 1.40. The van der Waals surface area contributed by atoms with E-state index in [0.717, 1.165) is 49.9 Å². The smallest absolute Gasteiger partial charge is 0.307 e. The van der Waals surface area contributed by atoms with Crippen molar-refractivity contribution in [1.29, 1.82) is 0 Å². The van der Waals surface area contributed by atoms with E-state index < -0.39 is 28.3 Å². The summed E-state index contributed by atoms with van der Waals surface area (Å²) in [5.41, 5.74) is 7.47. The molecule has 7 rings (SSSR count). The molecule has 0 aromatic carbocycles. The van der Waals surface area contributed by atoms with Crippen LogP contribution in [-0.2, 0) is 14.3 Å². The van der Waals surface area contributed by atoms with Gasteiger partial charge in [0.05, 0.1) is 37.9 Å². The second-order valence-corrected chi connectivity index (χ2v) is 19.8. The maximum Gasteiger partial charge on any atom is 0.307 e. The molecule has 3 saturated carbocycles. The Morgan fingerprint density at radius 3 is 2.44 bits per heavy atom. The second kappa shape index (κ2) is 12.7. The summed E-state index contributed by atoms with van der Waals surface area (Å²) < 4.78 is 16.3. The molecule has 9 nitrogen and oxygen atoms in total. The highest BCUT2D eigenvalue weighted by molar-refractivity contribution is 5.73. The Hall–Kier alpha value is -2.62. The standard InChI is InChI=1S/C43H65N5O4/c1-26(2)28(5)39(7)17-18-40(8)30-11-12-33-38(6)21-32(48-36(46-25-47-48)29-14-19-45-20-15-29)35(52-23-42(10,44)27(3)4)43(33,24-51-22-38)31(30)13-16-41(40,9)34(39)37(49)50/h13-15,19-20,25-28,30,32-35H,11-12,16-18,21-24,44H2,1-10H3,(H,49,50)/t28-,30+,32-,33-,34-,35+,38-,39-,40-,41+,42-,43+/m1/s1. The minimum atomic E-state index is -0.634. The monoisotopic (exact) mass is 716 g/mol. The van der Waals surface area contributed by atoms with Gasteiger partial charge in [0, 0.05) is 28.9 Å². The lowest BCUT2D eigenvalue weighted by Gasteiger charge is -2.71. The zero-order chi connectivity index (χ0) is 37.6. The molecule has 3 heterocycles. The summed E-state index contributed by atoms with van der Waals surface area (Å²) in [5, 5.41) is 16.1. The number of nitrogens with zero attached hydrogens (tertiary/aromatic N) is 4. The van der Waals surface area contributed by atoms with Crippen LogP contribution in [-0.4, -0.2) is 62.3 Å². The van der Waals surface area contributed by atoms with Crippen LogP contribution < -0.4 is 5.73 Å². The third kappa shape index (κ3) is 5.25. The molecule has 0 spiro atoms. The third-order valence-corrected chi connectivity index (χ3v) is 16.7. The van der Waals surface area contributed by atoms with Crippen LogP contribution in [0.1, 0.15) is 114 Å². The molecule has 3 N–H and O–H groups in total. The Bertz CT molecular complexity index is 1690. The van der Waals surface area contributed by atoms with Crippen LogP contribution >= 0.6 is 0 Å². The quantitative estimate of drug-likeness (QED) is 0.249. The van der Waals surface area contributed by atoms with Gasteiger partial charge in [-0.25, -0.2) is 9.67 Å². The molecule has 286 valence electrons. The zero-order valence-electron chi connectivity index (χ0n) is 33.5. The van der Waals surface area contributed by atoms with E-state index in [2.05, 4.69) is 85.0 Å². The van der Waals surface area contributed by atoms with Gasteiger partial charge >= 0.3 is 5.97 Å². The Kier molecular flexibility index (Phi) is 9.22. The molecule has 0 amide bonds. The van der Waals surface area contributed by atoms with Crippen molar-refractivity contribution in [1.82, 2.24) is 19.7 Å². The number of pyridine rings is 1. The van der Waals surface area contributed by atoms with E-state index in [-0.39, 0.29) is 40.2 Å². The van der Waals surface area contributed by atoms with Crippen molar-refractivity contribution in [3.63, 3.8) is 0 Å². The van der Waals surface area contributed by atoms with Crippen molar-refractivity contribution in [2.75, 3.05) is 19.8 Å². The predicted molar refractivity (Wildman–Crippen MR) is 203 cm³/mol. The zero-order valence-corrected chi connectivity index (χ0v) is 33.5. The highest BCUT2D eigenvalue weighted by Crippen LogP contribution is 2.75. The topological polar surface area (TPSA) is 125 Å². The molecule has 0 radical (unpaired) electrons. The van der Waals surface area contributed by atoms with Gasteiger partial charge < -0.3 is 20.3 Å². The minimum absolute atomic E-state index is 0.104. The van der Waals surface area contributed by atoms with E-state index in [1.54, 1.807) is 6.33 Å². The first-order valence-electron chi connectivity index (χ1n) is 20.1. The van der Waals surface area contributed by atoms with E-state index >= 15 is 0 Å². The molecular weight excluding hydrogens is 651 g/mol. The highest BCUT2D eigenvalue weighted by atomic mass is 16.5. The fraction of sp³-hybridized carbons (Fsp3) is 0.767. The molecule has 2 aromatic rings. The highest BCUT2D eigenvalue weighted by Gasteiger charge is 2.72. The number of allylic oxidation sites excluding steroid dienone is 1. The molecule has 1 saturated heterocycles. The fourth-order valence-corrected chi connectivity index (χ4v) is 12.7. The molecular formula is C43H65N5O4. The van der Waals surface area contributed by atoms with Gasteiger partial charge in [-0.05, 0) is 109 Å². The van der Waals surface area contributed by atoms with Gasteiger partial charge in [0.15, 0.2) is 5.82 Å². The maximum atomic E-state index is 13.6. The van der Waals surface area contributed by atoms with E-state index in [1.165, 1.54) is 5.57 Å². The van der Waals surface area contributed by atoms with Crippen LogP contribution in [0.15, 0.2) is 42.5 Å². The maximum absolute atomic E-state index is 13.6. The summed E-state index contributed by atoms with van der Waals surface area (Å²) in [5.74, 6) is 1.25. The number of aromatic nitrogens is 4. The number of hydrogen-bond donors (Lipinski definition) is 2. The van der Waals surface area contributed by atoms with Crippen LogP contribution in [0, 0.1) is 62.6 Å². The van der Waals surface area contributed by atoms with Crippen molar-refractivity contribution in [2.45, 2.75) is 125 Å². The van der Waals surface area contributed by atoms with Gasteiger partial charge in [-0.1, -0.05) is 74.0 Å². The molecule has 0 unspecified atom stereocenters. The Morgan fingerprint density at radius 2 is 1.79 bits per heavy atom. The van der Waals surface area contributed by atoms with Crippen molar-refractivity contribution < 1.29 is 19.4 Å². The number of carbonyl (C=O) groups is 1. The second-order valence-electron chi connectivity index (χ2n) is 19.8. The summed E-state index contributed by atoms with van der Waals surface area (Å²) in [7, 11) is 0. The lowest BCUT2D eigenvalue weighted by molar-refractivity contribution is -0.254. The number of carboxylic acids is 1. The first-order valence-corrected chi connectivity index (χ1v) is 20.1. The summed E-state index contributed by atoms with van der Waals surface area (Å²) in [4.78, 5) is 22.7. The Morgan fingerprint density at radius 1 is 1.08 bits per heavy atom. The minimum Gasteiger partial charge on any atom is -0.481 e. The number of rotatable bonds is 9. The van der Waals surface area contributed by atoms with Gasteiger partial charge in [0.25, 0.3) is 0 Å². The van der Waals surface area contributed by atoms with Crippen molar-refractivity contribution in [2.24, 2.45) is 68.3 Å². The predicted octanol–water partition coefficient (Wildman–Crippen LogP) is 8.23. The van der Waals surface area contributed by atoms with Gasteiger partial charge in [0.2, 0.25) is 0 Å². The van der Waals surface area contributed by atoms with Crippen molar-refractivity contribution in [3.05, 3.63) is 42.5 Å².